The van der Waals surface area contributed by atoms with Crippen LogP contribution >= 0.6 is 0 Å². The first-order valence-electron chi connectivity index (χ1n) is 9.35. The Hall–Kier alpha value is -1.92. The molecule has 0 radical (unpaired) electrons. The van der Waals surface area contributed by atoms with Crippen molar-refractivity contribution in [2.75, 3.05) is 0 Å². The molecule has 3 rings (SSSR count). The molecule has 0 saturated heterocycles. The summed E-state index contributed by atoms with van der Waals surface area (Å²) < 4.78 is 48.9. The number of benzene rings is 2. The van der Waals surface area contributed by atoms with Crippen molar-refractivity contribution in [1.82, 2.24) is 4.72 Å². The van der Waals surface area contributed by atoms with Gasteiger partial charge in [-0.25, -0.2) is 17.5 Å². The van der Waals surface area contributed by atoms with Crippen LogP contribution in [0.25, 0.3) is 0 Å². The summed E-state index contributed by atoms with van der Waals surface area (Å²) in [5.74, 6) is 1.32. The lowest BCUT2D eigenvalue weighted by molar-refractivity contribution is 0.0712. The molecule has 1 fully saturated rings. The average molecular weight is 392 g/mol. The molecule has 146 valence electrons. The molecule has 0 spiro atoms. The summed E-state index contributed by atoms with van der Waals surface area (Å²) in [6.07, 6.45) is 2.34. The maximum absolute atomic E-state index is 16.0. The van der Waals surface area contributed by atoms with Gasteiger partial charge in [-0.3, -0.25) is 0 Å². The monoisotopic (exact) mass is 391 g/mol. The zero-order valence-corrected chi connectivity index (χ0v) is 16.5. The molecule has 2 aromatic rings. The van der Waals surface area contributed by atoms with Crippen molar-refractivity contribution in [1.29, 1.82) is 0 Å². The third kappa shape index (κ3) is 4.50. The Bertz CT molecular complexity index is 853. The molecular formula is C21H26FNO3S. The van der Waals surface area contributed by atoms with E-state index in [4.69, 9.17) is 4.74 Å². The number of hydrogen-bond acceptors (Lipinski definition) is 3. The van der Waals surface area contributed by atoms with E-state index in [1.165, 1.54) is 0 Å². The van der Waals surface area contributed by atoms with Gasteiger partial charge >= 0.3 is 0 Å². The molecule has 6 heteroatoms. The van der Waals surface area contributed by atoms with Crippen molar-refractivity contribution < 1.29 is 17.5 Å². The summed E-state index contributed by atoms with van der Waals surface area (Å²) in [7, 11) is -3.54. The highest BCUT2D eigenvalue weighted by Crippen LogP contribution is 2.42. The summed E-state index contributed by atoms with van der Waals surface area (Å²) in [5.41, 5.74) is -1.23. The molecule has 0 heterocycles. The van der Waals surface area contributed by atoms with Crippen molar-refractivity contribution in [2.45, 2.75) is 56.5 Å². The Morgan fingerprint density at radius 3 is 2.30 bits per heavy atom. The number of para-hydroxylation sites is 1. The predicted octanol–water partition coefficient (Wildman–Crippen LogP) is 4.91. The molecule has 2 atom stereocenters. The van der Waals surface area contributed by atoms with E-state index in [1.807, 2.05) is 30.3 Å². The Morgan fingerprint density at radius 1 is 1.04 bits per heavy atom. The quantitative estimate of drug-likeness (QED) is 0.761. The van der Waals surface area contributed by atoms with E-state index in [0.717, 1.165) is 12.8 Å². The molecule has 0 bridgehead atoms. The molecule has 0 aliphatic heterocycles. The predicted molar refractivity (Wildman–Crippen MR) is 105 cm³/mol. The number of rotatable bonds is 6. The first kappa shape index (κ1) is 19.8. The summed E-state index contributed by atoms with van der Waals surface area (Å²) in [5, 5.41) is -0.592. The van der Waals surface area contributed by atoms with Gasteiger partial charge in [0.25, 0.3) is 0 Å². The largest absolute Gasteiger partial charge is 0.457 e. The van der Waals surface area contributed by atoms with E-state index in [1.54, 1.807) is 38.1 Å². The lowest BCUT2D eigenvalue weighted by Gasteiger charge is -2.38. The summed E-state index contributed by atoms with van der Waals surface area (Å²) >= 11 is 0. The van der Waals surface area contributed by atoms with E-state index >= 15 is 4.39 Å². The molecule has 1 N–H and O–H groups in total. The van der Waals surface area contributed by atoms with Crippen LogP contribution in [-0.2, 0) is 15.7 Å². The van der Waals surface area contributed by atoms with Crippen LogP contribution in [0.3, 0.4) is 0 Å². The van der Waals surface area contributed by atoms with Gasteiger partial charge in [-0.05, 0) is 62.9 Å². The van der Waals surface area contributed by atoms with Crippen LogP contribution in [0.5, 0.6) is 11.5 Å². The van der Waals surface area contributed by atoms with Gasteiger partial charge in [-0.15, -0.1) is 0 Å². The Labute approximate surface area is 160 Å². The number of ether oxygens (including phenoxy) is 1. The summed E-state index contributed by atoms with van der Waals surface area (Å²) in [6, 6.07) is 15.5. The number of halogens is 1. The van der Waals surface area contributed by atoms with Crippen LogP contribution in [0.2, 0.25) is 0 Å². The fourth-order valence-electron chi connectivity index (χ4n) is 3.39. The lowest BCUT2D eigenvalue weighted by Crippen LogP contribution is -2.51. The summed E-state index contributed by atoms with van der Waals surface area (Å²) in [4.78, 5) is 0. The standard InChI is InChI=1S/C21H26FNO3S/c1-16(2)27(24,25)23-20-10-6-7-15-21(20,22)17-11-13-19(14-12-17)26-18-8-4-3-5-9-18/h3-5,8-9,11-14,16,20,23H,6-7,10,15H2,1-2H3/t20-,21+/m0/s1. The second kappa shape index (κ2) is 7.98. The average Bonchev–Trinajstić information content (AvgIpc) is 2.65. The van der Waals surface area contributed by atoms with Gasteiger partial charge in [0.2, 0.25) is 10.0 Å². The van der Waals surface area contributed by atoms with Gasteiger partial charge in [0.05, 0.1) is 11.3 Å². The van der Waals surface area contributed by atoms with E-state index in [-0.39, 0.29) is 0 Å². The minimum atomic E-state index is -3.54. The molecule has 0 aromatic heterocycles. The normalized spacial score (nSPS) is 23.3. The van der Waals surface area contributed by atoms with E-state index in [0.29, 0.717) is 29.9 Å². The SMILES string of the molecule is CC(C)S(=O)(=O)N[C@H]1CCCC[C@@]1(F)c1ccc(Oc2ccccc2)cc1. The fourth-order valence-corrected chi connectivity index (χ4v) is 4.36. The molecule has 2 aromatic carbocycles. The smallest absolute Gasteiger partial charge is 0.214 e. The molecule has 4 nitrogen and oxygen atoms in total. The molecule has 27 heavy (non-hydrogen) atoms. The number of alkyl halides is 1. The van der Waals surface area contributed by atoms with Crippen molar-refractivity contribution in [3.8, 4) is 11.5 Å². The van der Waals surface area contributed by atoms with Gasteiger partial charge < -0.3 is 4.74 Å². The molecule has 0 unspecified atom stereocenters. The third-order valence-corrected chi connectivity index (χ3v) is 6.93. The van der Waals surface area contributed by atoms with Crippen LogP contribution in [0.15, 0.2) is 54.6 Å². The van der Waals surface area contributed by atoms with E-state index < -0.39 is 27.0 Å². The number of sulfonamides is 1. The van der Waals surface area contributed by atoms with Crippen LogP contribution in [0, 0.1) is 0 Å². The van der Waals surface area contributed by atoms with Crippen LogP contribution in [0.4, 0.5) is 4.39 Å². The number of hydrogen-bond donors (Lipinski definition) is 1. The lowest BCUT2D eigenvalue weighted by atomic mass is 9.77. The van der Waals surface area contributed by atoms with Crippen molar-refractivity contribution in [3.05, 3.63) is 60.2 Å². The Morgan fingerprint density at radius 2 is 1.67 bits per heavy atom. The maximum Gasteiger partial charge on any atom is 0.214 e. The third-order valence-electron chi connectivity index (χ3n) is 5.08. The van der Waals surface area contributed by atoms with Crippen molar-refractivity contribution in [2.24, 2.45) is 0 Å². The number of nitrogens with one attached hydrogen (secondary N) is 1. The van der Waals surface area contributed by atoms with E-state index in [2.05, 4.69) is 4.72 Å². The van der Waals surface area contributed by atoms with Crippen molar-refractivity contribution >= 4 is 10.0 Å². The first-order valence-corrected chi connectivity index (χ1v) is 10.9. The fraction of sp³-hybridized carbons (Fsp3) is 0.429. The second-order valence-corrected chi connectivity index (χ2v) is 9.58. The van der Waals surface area contributed by atoms with Gasteiger partial charge in [-0.2, -0.15) is 0 Å². The molecule has 0 amide bonds. The minimum Gasteiger partial charge on any atom is -0.457 e. The zero-order valence-electron chi connectivity index (χ0n) is 15.7. The van der Waals surface area contributed by atoms with Gasteiger partial charge in [0.1, 0.15) is 11.5 Å². The summed E-state index contributed by atoms with van der Waals surface area (Å²) in [6.45, 7) is 3.20. The molecule has 1 saturated carbocycles. The Kier molecular flexibility index (Phi) is 5.86. The highest BCUT2D eigenvalue weighted by Gasteiger charge is 2.44. The molecule has 1 aliphatic rings. The van der Waals surface area contributed by atoms with Gasteiger partial charge in [-0.1, -0.05) is 36.8 Å². The second-order valence-electron chi connectivity index (χ2n) is 7.31. The van der Waals surface area contributed by atoms with Gasteiger partial charge in [0.15, 0.2) is 5.67 Å². The van der Waals surface area contributed by atoms with Crippen molar-refractivity contribution in [3.63, 3.8) is 0 Å². The highest BCUT2D eigenvalue weighted by molar-refractivity contribution is 7.90. The maximum atomic E-state index is 16.0. The molecule has 1 aliphatic carbocycles. The van der Waals surface area contributed by atoms with Gasteiger partial charge in [0, 0.05) is 0 Å². The topological polar surface area (TPSA) is 55.4 Å². The van der Waals surface area contributed by atoms with Crippen LogP contribution < -0.4 is 9.46 Å². The highest BCUT2D eigenvalue weighted by atomic mass is 32.2. The van der Waals surface area contributed by atoms with E-state index in [9.17, 15) is 8.42 Å². The minimum absolute atomic E-state index is 0.303. The first-order chi connectivity index (χ1) is 12.8. The zero-order chi connectivity index (χ0) is 19.5. The van der Waals surface area contributed by atoms with Crippen LogP contribution in [-0.4, -0.2) is 19.7 Å². The van der Waals surface area contributed by atoms with Crippen LogP contribution in [0.1, 0.15) is 45.1 Å². The Balaban J connectivity index is 1.81. The molecular weight excluding hydrogens is 365 g/mol.